The standard InChI is InChI=1S/C15H21NO/c17-15-9-5-4-8-14(15)16-10-13(11-16)12-6-2-1-3-7-12/h1-3,6-7,13-15,17H,4-5,8-11H2. The van der Waals surface area contributed by atoms with Gasteiger partial charge in [-0.2, -0.15) is 0 Å². The second-order valence-electron chi connectivity index (χ2n) is 5.48. The first-order valence-corrected chi connectivity index (χ1v) is 6.81. The number of rotatable bonds is 2. The predicted molar refractivity (Wildman–Crippen MR) is 69.0 cm³/mol. The minimum Gasteiger partial charge on any atom is -0.391 e. The first-order valence-electron chi connectivity index (χ1n) is 6.81. The zero-order chi connectivity index (χ0) is 11.7. The third-order valence-corrected chi connectivity index (χ3v) is 4.34. The summed E-state index contributed by atoms with van der Waals surface area (Å²) in [4.78, 5) is 2.47. The molecule has 1 aromatic carbocycles. The van der Waals surface area contributed by atoms with E-state index in [9.17, 15) is 5.11 Å². The van der Waals surface area contributed by atoms with Gasteiger partial charge in [-0.3, -0.25) is 4.90 Å². The molecule has 2 atom stereocenters. The lowest BCUT2D eigenvalue weighted by molar-refractivity contribution is -0.0187. The normalized spacial score (nSPS) is 31.1. The van der Waals surface area contributed by atoms with Crippen LogP contribution in [0.1, 0.15) is 37.2 Å². The zero-order valence-electron chi connectivity index (χ0n) is 10.3. The lowest BCUT2D eigenvalue weighted by Gasteiger charge is -2.47. The van der Waals surface area contributed by atoms with Gasteiger partial charge >= 0.3 is 0 Å². The maximum Gasteiger partial charge on any atom is 0.0695 e. The molecule has 1 aliphatic heterocycles. The number of hydrogen-bond acceptors (Lipinski definition) is 2. The second kappa shape index (κ2) is 4.79. The molecular formula is C15H21NO. The average molecular weight is 231 g/mol. The molecule has 2 aliphatic rings. The minimum absolute atomic E-state index is 0.0829. The monoisotopic (exact) mass is 231 g/mol. The molecule has 1 saturated heterocycles. The molecule has 92 valence electrons. The van der Waals surface area contributed by atoms with Gasteiger partial charge in [-0.1, -0.05) is 43.2 Å². The molecule has 1 heterocycles. The molecule has 1 aliphatic carbocycles. The Labute approximate surface area is 103 Å². The molecular weight excluding hydrogens is 210 g/mol. The van der Waals surface area contributed by atoms with Crippen LogP contribution in [0, 0.1) is 0 Å². The highest BCUT2D eigenvalue weighted by atomic mass is 16.3. The number of likely N-dealkylation sites (tertiary alicyclic amines) is 1. The van der Waals surface area contributed by atoms with Gasteiger partial charge in [0.05, 0.1) is 6.10 Å². The summed E-state index contributed by atoms with van der Waals surface area (Å²) in [7, 11) is 0. The number of benzene rings is 1. The third kappa shape index (κ3) is 2.24. The van der Waals surface area contributed by atoms with E-state index in [4.69, 9.17) is 0 Å². The van der Waals surface area contributed by atoms with Gasteiger partial charge in [-0.15, -0.1) is 0 Å². The molecule has 17 heavy (non-hydrogen) atoms. The summed E-state index contributed by atoms with van der Waals surface area (Å²) in [5, 5.41) is 10.0. The summed E-state index contributed by atoms with van der Waals surface area (Å²) in [5.74, 6) is 0.685. The molecule has 3 rings (SSSR count). The molecule has 0 amide bonds. The van der Waals surface area contributed by atoms with Crippen LogP contribution in [0.25, 0.3) is 0 Å². The molecule has 2 unspecified atom stereocenters. The van der Waals surface area contributed by atoms with Crippen LogP contribution in [0.5, 0.6) is 0 Å². The van der Waals surface area contributed by atoms with Gasteiger partial charge in [0, 0.05) is 25.0 Å². The van der Waals surface area contributed by atoms with E-state index in [0.717, 1.165) is 19.5 Å². The van der Waals surface area contributed by atoms with E-state index in [1.165, 1.54) is 24.8 Å². The summed E-state index contributed by atoms with van der Waals surface area (Å²) < 4.78 is 0. The molecule has 0 spiro atoms. The van der Waals surface area contributed by atoms with E-state index < -0.39 is 0 Å². The van der Waals surface area contributed by atoms with E-state index in [1.54, 1.807) is 0 Å². The third-order valence-electron chi connectivity index (χ3n) is 4.34. The number of aliphatic hydroxyl groups excluding tert-OH is 1. The van der Waals surface area contributed by atoms with Gasteiger partial charge in [0.2, 0.25) is 0 Å². The van der Waals surface area contributed by atoms with Crippen LogP contribution in [0.2, 0.25) is 0 Å². The Morgan fingerprint density at radius 2 is 1.71 bits per heavy atom. The van der Waals surface area contributed by atoms with Crippen molar-refractivity contribution in [1.29, 1.82) is 0 Å². The summed E-state index contributed by atoms with van der Waals surface area (Å²) in [5.41, 5.74) is 1.45. The highest BCUT2D eigenvalue weighted by molar-refractivity contribution is 5.23. The van der Waals surface area contributed by atoms with E-state index in [0.29, 0.717) is 12.0 Å². The predicted octanol–water partition coefficient (Wildman–Crippen LogP) is 2.39. The maximum absolute atomic E-state index is 10.0. The van der Waals surface area contributed by atoms with Crippen molar-refractivity contribution in [2.75, 3.05) is 13.1 Å². The van der Waals surface area contributed by atoms with Gasteiger partial charge in [-0.05, 0) is 18.4 Å². The highest BCUT2D eigenvalue weighted by Gasteiger charge is 2.37. The zero-order valence-corrected chi connectivity index (χ0v) is 10.3. The lowest BCUT2D eigenvalue weighted by atomic mass is 9.84. The first-order chi connectivity index (χ1) is 8.34. The molecule has 2 fully saturated rings. The van der Waals surface area contributed by atoms with Crippen LogP contribution in [-0.2, 0) is 0 Å². The smallest absolute Gasteiger partial charge is 0.0695 e. The first kappa shape index (κ1) is 11.2. The van der Waals surface area contributed by atoms with Crippen molar-refractivity contribution in [2.45, 2.75) is 43.7 Å². The van der Waals surface area contributed by atoms with Gasteiger partial charge in [0.15, 0.2) is 0 Å². The maximum atomic E-state index is 10.0. The number of nitrogens with zero attached hydrogens (tertiary/aromatic N) is 1. The number of aliphatic hydroxyl groups is 1. The fraction of sp³-hybridized carbons (Fsp3) is 0.600. The van der Waals surface area contributed by atoms with Crippen LogP contribution in [0.15, 0.2) is 30.3 Å². The van der Waals surface area contributed by atoms with Crippen LogP contribution in [0.3, 0.4) is 0 Å². The molecule has 2 heteroatoms. The lowest BCUT2D eigenvalue weighted by Crippen LogP contribution is -2.55. The summed E-state index contributed by atoms with van der Waals surface area (Å²) in [6.07, 6.45) is 4.59. The molecule has 0 radical (unpaired) electrons. The van der Waals surface area contributed by atoms with Gasteiger partial charge in [0.25, 0.3) is 0 Å². The Morgan fingerprint density at radius 1 is 1.00 bits per heavy atom. The Morgan fingerprint density at radius 3 is 2.41 bits per heavy atom. The summed E-state index contributed by atoms with van der Waals surface area (Å²) in [6.45, 7) is 2.26. The van der Waals surface area contributed by atoms with Crippen LogP contribution in [0.4, 0.5) is 0 Å². The largest absolute Gasteiger partial charge is 0.391 e. The van der Waals surface area contributed by atoms with E-state index in [1.807, 2.05) is 0 Å². The van der Waals surface area contributed by atoms with Crippen molar-refractivity contribution in [3.05, 3.63) is 35.9 Å². The fourth-order valence-electron chi connectivity index (χ4n) is 3.24. The molecule has 2 nitrogen and oxygen atoms in total. The summed E-state index contributed by atoms with van der Waals surface area (Å²) >= 11 is 0. The Hall–Kier alpha value is -0.860. The van der Waals surface area contributed by atoms with Crippen LogP contribution in [-0.4, -0.2) is 35.2 Å². The van der Waals surface area contributed by atoms with Crippen LogP contribution < -0.4 is 0 Å². The Bertz CT molecular complexity index is 358. The van der Waals surface area contributed by atoms with Gasteiger partial charge in [0.1, 0.15) is 0 Å². The average Bonchev–Trinajstić information content (AvgIpc) is 2.31. The minimum atomic E-state index is -0.0829. The number of hydrogen-bond donors (Lipinski definition) is 1. The topological polar surface area (TPSA) is 23.5 Å². The van der Waals surface area contributed by atoms with Crippen LogP contribution >= 0.6 is 0 Å². The molecule has 0 bridgehead atoms. The van der Waals surface area contributed by atoms with Crippen molar-refractivity contribution in [2.24, 2.45) is 0 Å². The van der Waals surface area contributed by atoms with E-state index in [2.05, 4.69) is 35.2 Å². The van der Waals surface area contributed by atoms with Crippen molar-refractivity contribution < 1.29 is 5.11 Å². The molecule has 1 aromatic rings. The van der Waals surface area contributed by atoms with Gasteiger partial charge in [-0.25, -0.2) is 0 Å². The summed E-state index contributed by atoms with van der Waals surface area (Å²) in [6, 6.07) is 11.2. The molecule has 0 aromatic heterocycles. The Balaban J connectivity index is 1.57. The highest BCUT2D eigenvalue weighted by Crippen LogP contribution is 2.33. The van der Waals surface area contributed by atoms with Crippen molar-refractivity contribution in [1.82, 2.24) is 4.90 Å². The van der Waals surface area contributed by atoms with Crippen molar-refractivity contribution in [3.8, 4) is 0 Å². The molecule has 1 N–H and O–H groups in total. The van der Waals surface area contributed by atoms with Gasteiger partial charge < -0.3 is 5.11 Å². The van der Waals surface area contributed by atoms with Crippen molar-refractivity contribution >= 4 is 0 Å². The molecule has 1 saturated carbocycles. The quantitative estimate of drug-likeness (QED) is 0.845. The fourth-order valence-corrected chi connectivity index (χ4v) is 3.24. The second-order valence-corrected chi connectivity index (χ2v) is 5.48. The van der Waals surface area contributed by atoms with E-state index >= 15 is 0 Å². The Kier molecular flexibility index (Phi) is 3.17. The van der Waals surface area contributed by atoms with E-state index in [-0.39, 0.29) is 6.10 Å². The SMILES string of the molecule is OC1CCCCC1N1CC(c2ccccc2)C1. The van der Waals surface area contributed by atoms with Crippen molar-refractivity contribution in [3.63, 3.8) is 0 Å².